The maximum absolute atomic E-state index is 13.3. The number of para-hydroxylation sites is 1. The van der Waals surface area contributed by atoms with E-state index in [2.05, 4.69) is 10.3 Å². The van der Waals surface area contributed by atoms with E-state index in [-0.39, 0.29) is 5.82 Å². The predicted molar refractivity (Wildman–Crippen MR) is 76.2 cm³/mol. The molecule has 0 atom stereocenters. The zero-order chi connectivity index (χ0) is 13.2. The Balaban J connectivity index is 2.03. The quantitative estimate of drug-likeness (QED) is 0.730. The summed E-state index contributed by atoms with van der Waals surface area (Å²) in [5.74, 6) is -0.190. The molecule has 19 heavy (non-hydrogen) atoms. The molecule has 0 aliphatic carbocycles. The van der Waals surface area contributed by atoms with Crippen LogP contribution in [0.1, 0.15) is 5.56 Å². The highest BCUT2D eigenvalue weighted by Crippen LogP contribution is 2.25. The average Bonchev–Trinajstić information content (AvgIpc) is 2.43. The lowest BCUT2D eigenvalue weighted by atomic mass is 10.1. The first-order chi connectivity index (χ1) is 9.24. The third kappa shape index (κ3) is 2.27. The number of fused-ring (bicyclic) bond motifs is 1. The van der Waals surface area contributed by atoms with Crippen molar-refractivity contribution >= 4 is 22.3 Å². The number of anilines is 2. The molecule has 0 fully saturated rings. The van der Waals surface area contributed by atoms with E-state index in [1.807, 2.05) is 30.3 Å². The second-order valence-electron chi connectivity index (χ2n) is 4.46. The minimum Gasteiger partial charge on any atom is -0.355 e. The van der Waals surface area contributed by atoms with Crippen LogP contribution in [0, 0.1) is 12.7 Å². The van der Waals surface area contributed by atoms with E-state index >= 15 is 0 Å². The molecule has 0 amide bonds. The predicted octanol–water partition coefficient (Wildman–Crippen LogP) is 4.43. The van der Waals surface area contributed by atoms with Gasteiger partial charge in [-0.1, -0.05) is 18.2 Å². The summed E-state index contributed by atoms with van der Waals surface area (Å²) >= 11 is 0. The fourth-order valence-electron chi connectivity index (χ4n) is 2.08. The number of rotatable bonds is 2. The van der Waals surface area contributed by atoms with Gasteiger partial charge < -0.3 is 5.32 Å². The lowest BCUT2D eigenvalue weighted by molar-refractivity contribution is 0.619. The number of benzene rings is 2. The van der Waals surface area contributed by atoms with Crippen LogP contribution in [0.2, 0.25) is 0 Å². The van der Waals surface area contributed by atoms with Crippen molar-refractivity contribution in [2.24, 2.45) is 0 Å². The molecule has 0 saturated carbocycles. The minimum absolute atomic E-state index is 0.190. The number of aryl methyl sites for hydroxylation is 1. The Morgan fingerprint density at radius 1 is 1.05 bits per heavy atom. The molecule has 0 radical (unpaired) electrons. The van der Waals surface area contributed by atoms with E-state index < -0.39 is 0 Å². The van der Waals surface area contributed by atoms with Crippen molar-refractivity contribution in [1.82, 2.24) is 4.98 Å². The molecule has 3 rings (SSSR count). The SMILES string of the molecule is Cc1cc(Nc2ccnc3ccccc23)ccc1F. The Hall–Kier alpha value is -2.42. The van der Waals surface area contributed by atoms with Gasteiger partial charge >= 0.3 is 0 Å². The van der Waals surface area contributed by atoms with E-state index in [4.69, 9.17) is 0 Å². The topological polar surface area (TPSA) is 24.9 Å². The van der Waals surface area contributed by atoms with Crippen molar-refractivity contribution in [3.63, 3.8) is 0 Å². The molecule has 0 saturated heterocycles. The Labute approximate surface area is 110 Å². The molecule has 1 aromatic heterocycles. The summed E-state index contributed by atoms with van der Waals surface area (Å²) in [6, 6.07) is 14.8. The largest absolute Gasteiger partial charge is 0.355 e. The molecule has 94 valence electrons. The minimum atomic E-state index is -0.190. The van der Waals surface area contributed by atoms with E-state index in [0.29, 0.717) is 5.56 Å². The highest BCUT2D eigenvalue weighted by atomic mass is 19.1. The van der Waals surface area contributed by atoms with Gasteiger partial charge in [0, 0.05) is 23.0 Å². The lowest BCUT2D eigenvalue weighted by Gasteiger charge is -2.10. The van der Waals surface area contributed by atoms with Crippen LogP contribution in [0.5, 0.6) is 0 Å². The molecule has 1 N–H and O–H groups in total. The van der Waals surface area contributed by atoms with Crippen LogP contribution in [0.25, 0.3) is 10.9 Å². The van der Waals surface area contributed by atoms with Crippen molar-refractivity contribution < 1.29 is 4.39 Å². The van der Waals surface area contributed by atoms with E-state index in [0.717, 1.165) is 22.3 Å². The Bertz CT molecular complexity index is 732. The molecule has 3 aromatic rings. The van der Waals surface area contributed by atoms with Crippen LogP contribution in [0.4, 0.5) is 15.8 Å². The average molecular weight is 252 g/mol. The number of hydrogen-bond donors (Lipinski definition) is 1. The Kier molecular flexibility index (Phi) is 2.88. The number of nitrogens with zero attached hydrogens (tertiary/aromatic N) is 1. The second kappa shape index (κ2) is 4.69. The number of nitrogens with one attached hydrogen (secondary N) is 1. The van der Waals surface area contributed by atoms with Gasteiger partial charge in [0.25, 0.3) is 0 Å². The van der Waals surface area contributed by atoms with Crippen molar-refractivity contribution in [2.75, 3.05) is 5.32 Å². The summed E-state index contributed by atoms with van der Waals surface area (Å²) in [7, 11) is 0. The first-order valence-electron chi connectivity index (χ1n) is 6.11. The lowest BCUT2D eigenvalue weighted by Crippen LogP contribution is -1.94. The molecule has 2 aromatic carbocycles. The van der Waals surface area contributed by atoms with Gasteiger partial charge in [-0.15, -0.1) is 0 Å². The number of aromatic nitrogens is 1. The first-order valence-corrected chi connectivity index (χ1v) is 6.11. The molecule has 1 heterocycles. The second-order valence-corrected chi connectivity index (χ2v) is 4.46. The molecule has 0 aliphatic heterocycles. The van der Waals surface area contributed by atoms with Gasteiger partial charge in [-0.25, -0.2) is 4.39 Å². The van der Waals surface area contributed by atoms with Gasteiger partial charge in [-0.3, -0.25) is 4.98 Å². The summed E-state index contributed by atoms with van der Waals surface area (Å²) < 4.78 is 13.3. The number of pyridine rings is 1. The van der Waals surface area contributed by atoms with E-state index in [1.165, 1.54) is 6.07 Å². The number of halogens is 1. The van der Waals surface area contributed by atoms with Gasteiger partial charge in [-0.2, -0.15) is 0 Å². The molecule has 0 aliphatic rings. The standard InChI is InChI=1S/C16H13FN2/c1-11-10-12(6-7-14(11)17)19-16-8-9-18-15-5-3-2-4-13(15)16/h2-10H,1H3,(H,18,19). The van der Waals surface area contributed by atoms with Gasteiger partial charge in [0.15, 0.2) is 0 Å². The van der Waals surface area contributed by atoms with Gasteiger partial charge in [-0.05, 0) is 42.8 Å². The molecular formula is C16H13FN2. The first kappa shape index (κ1) is 11.7. The third-order valence-corrected chi connectivity index (χ3v) is 3.09. The highest BCUT2D eigenvalue weighted by Gasteiger charge is 2.03. The van der Waals surface area contributed by atoms with Crippen LogP contribution in [0.3, 0.4) is 0 Å². The maximum Gasteiger partial charge on any atom is 0.126 e. The van der Waals surface area contributed by atoms with Crippen molar-refractivity contribution in [1.29, 1.82) is 0 Å². The number of hydrogen-bond acceptors (Lipinski definition) is 2. The Morgan fingerprint density at radius 3 is 2.74 bits per heavy atom. The van der Waals surface area contributed by atoms with Gasteiger partial charge in [0.1, 0.15) is 5.82 Å². The fraction of sp³-hybridized carbons (Fsp3) is 0.0625. The normalized spacial score (nSPS) is 10.6. The van der Waals surface area contributed by atoms with Gasteiger partial charge in [0.05, 0.1) is 5.52 Å². The zero-order valence-corrected chi connectivity index (χ0v) is 10.5. The molecule has 0 unspecified atom stereocenters. The van der Waals surface area contributed by atoms with E-state index in [1.54, 1.807) is 25.3 Å². The van der Waals surface area contributed by atoms with Crippen LogP contribution < -0.4 is 5.32 Å². The van der Waals surface area contributed by atoms with Crippen molar-refractivity contribution in [2.45, 2.75) is 6.92 Å². The van der Waals surface area contributed by atoms with Crippen LogP contribution in [0.15, 0.2) is 54.7 Å². The van der Waals surface area contributed by atoms with Crippen LogP contribution >= 0.6 is 0 Å². The summed E-state index contributed by atoms with van der Waals surface area (Å²) in [5.41, 5.74) is 3.40. The molecule has 3 heteroatoms. The van der Waals surface area contributed by atoms with Crippen molar-refractivity contribution in [3.05, 3.63) is 66.1 Å². The van der Waals surface area contributed by atoms with E-state index in [9.17, 15) is 4.39 Å². The maximum atomic E-state index is 13.3. The summed E-state index contributed by atoms with van der Waals surface area (Å²) in [4.78, 5) is 4.32. The summed E-state index contributed by atoms with van der Waals surface area (Å²) in [6.07, 6.45) is 1.76. The van der Waals surface area contributed by atoms with Gasteiger partial charge in [0.2, 0.25) is 0 Å². The molecule has 0 bridgehead atoms. The molecule has 0 spiro atoms. The third-order valence-electron chi connectivity index (χ3n) is 3.09. The monoisotopic (exact) mass is 252 g/mol. The summed E-state index contributed by atoms with van der Waals surface area (Å²) in [6.45, 7) is 1.76. The molecular weight excluding hydrogens is 239 g/mol. The van der Waals surface area contributed by atoms with Crippen molar-refractivity contribution in [3.8, 4) is 0 Å². The highest BCUT2D eigenvalue weighted by molar-refractivity contribution is 5.92. The zero-order valence-electron chi connectivity index (χ0n) is 10.5. The van der Waals surface area contributed by atoms with Crippen LogP contribution in [-0.4, -0.2) is 4.98 Å². The smallest absolute Gasteiger partial charge is 0.126 e. The fourth-order valence-corrected chi connectivity index (χ4v) is 2.08. The summed E-state index contributed by atoms with van der Waals surface area (Å²) in [5, 5.41) is 4.36. The molecule has 2 nitrogen and oxygen atoms in total. The Morgan fingerprint density at radius 2 is 1.89 bits per heavy atom. The van der Waals surface area contributed by atoms with Crippen LogP contribution in [-0.2, 0) is 0 Å².